The molecule has 1 heterocycles. The zero-order valence-electron chi connectivity index (χ0n) is 5.74. The number of pyridine rings is 1. The molecule has 0 radical (unpaired) electrons. The highest BCUT2D eigenvalue weighted by Gasteiger charge is 2.09. The van der Waals surface area contributed by atoms with Gasteiger partial charge in [0.15, 0.2) is 0 Å². The lowest BCUT2D eigenvalue weighted by Gasteiger charge is -1.92. The summed E-state index contributed by atoms with van der Waals surface area (Å²) in [6.45, 7) is 1.49. The molecular weight excluding hydrogens is 151 g/mol. The molecule has 0 amide bonds. The van der Waals surface area contributed by atoms with E-state index in [0.717, 1.165) is 12.3 Å². The SMILES string of the molecule is Cc1cnc([N+](=O)[O-])cc1F. The van der Waals surface area contributed by atoms with Crippen LogP contribution in [0.15, 0.2) is 12.3 Å². The Labute approximate surface area is 61.8 Å². The normalized spacial score (nSPS) is 9.64. The Balaban J connectivity index is 3.15. The minimum absolute atomic E-state index is 0.301. The Bertz CT molecular complexity index is 301. The van der Waals surface area contributed by atoms with Crippen molar-refractivity contribution in [3.63, 3.8) is 0 Å². The average Bonchev–Trinajstić information content (AvgIpc) is 1.94. The summed E-state index contributed by atoms with van der Waals surface area (Å²) in [6, 6.07) is 0.801. The van der Waals surface area contributed by atoms with Gasteiger partial charge in [0, 0.05) is 5.56 Å². The summed E-state index contributed by atoms with van der Waals surface area (Å²) in [4.78, 5) is 12.7. The van der Waals surface area contributed by atoms with Crippen LogP contribution in [0, 0.1) is 22.9 Å². The minimum atomic E-state index is -0.734. The topological polar surface area (TPSA) is 56.0 Å². The Kier molecular flexibility index (Phi) is 1.80. The van der Waals surface area contributed by atoms with Crippen LogP contribution >= 0.6 is 0 Å². The second-order valence-corrected chi connectivity index (χ2v) is 2.05. The van der Waals surface area contributed by atoms with E-state index in [2.05, 4.69) is 4.98 Å². The lowest BCUT2D eigenvalue weighted by Crippen LogP contribution is -1.93. The Morgan fingerprint density at radius 1 is 1.73 bits per heavy atom. The van der Waals surface area contributed by atoms with E-state index in [1.165, 1.54) is 6.92 Å². The van der Waals surface area contributed by atoms with Gasteiger partial charge in [-0.1, -0.05) is 0 Å². The molecule has 4 nitrogen and oxygen atoms in total. The molecule has 0 atom stereocenters. The third kappa shape index (κ3) is 1.49. The lowest BCUT2D eigenvalue weighted by atomic mass is 10.3. The first kappa shape index (κ1) is 7.59. The van der Waals surface area contributed by atoms with Gasteiger partial charge in [0.2, 0.25) is 0 Å². The number of halogens is 1. The van der Waals surface area contributed by atoms with Crippen LogP contribution in [0.3, 0.4) is 0 Å². The van der Waals surface area contributed by atoms with Crippen LogP contribution in [0.25, 0.3) is 0 Å². The summed E-state index contributed by atoms with van der Waals surface area (Å²) >= 11 is 0. The number of aryl methyl sites for hydroxylation is 1. The maximum atomic E-state index is 12.6. The zero-order chi connectivity index (χ0) is 8.43. The highest BCUT2D eigenvalue weighted by atomic mass is 19.1. The van der Waals surface area contributed by atoms with Gasteiger partial charge in [0.25, 0.3) is 0 Å². The highest BCUT2D eigenvalue weighted by Crippen LogP contribution is 2.11. The van der Waals surface area contributed by atoms with E-state index >= 15 is 0 Å². The van der Waals surface area contributed by atoms with Crippen molar-refractivity contribution >= 4 is 5.82 Å². The number of nitro groups is 1. The van der Waals surface area contributed by atoms with Crippen LogP contribution in [0.4, 0.5) is 10.2 Å². The fourth-order valence-corrected chi connectivity index (χ4v) is 0.589. The van der Waals surface area contributed by atoms with Crippen molar-refractivity contribution in [3.05, 3.63) is 33.8 Å². The van der Waals surface area contributed by atoms with Crippen LogP contribution in [-0.2, 0) is 0 Å². The third-order valence-electron chi connectivity index (χ3n) is 1.21. The van der Waals surface area contributed by atoms with E-state index in [4.69, 9.17) is 0 Å². The molecule has 0 bridgehead atoms. The molecule has 0 aromatic carbocycles. The fourth-order valence-electron chi connectivity index (χ4n) is 0.589. The molecule has 0 aliphatic rings. The summed E-state index contributed by atoms with van der Waals surface area (Å²) in [7, 11) is 0. The van der Waals surface area contributed by atoms with Gasteiger partial charge < -0.3 is 10.1 Å². The standard InChI is InChI=1S/C6H5FN2O2/c1-4-3-8-6(9(10)11)2-5(4)7/h2-3H,1H3. The average molecular weight is 156 g/mol. The van der Waals surface area contributed by atoms with Crippen molar-refractivity contribution in [3.8, 4) is 0 Å². The van der Waals surface area contributed by atoms with Gasteiger partial charge >= 0.3 is 5.82 Å². The molecule has 0 saturated heterocycles. The Hall–Kier alpha value is -1.52. The van der Waals surface area contributed by atoms with Gasteiger partial charge in [0.05, 0.1) is 6.07 Å². The number of hydrogen-bond acceptors (Lipinski definition) is 3. The van der Waals surface area contributed by atoms with Gasteiger partial charge in [-0.15, -0.1) is 0 Å². The predicted molar refractivity (Wildman–Crippen MR) is 35.6 cm³/mol. The molecule has 58 valence electrons. The molecule has 1 aromatic heterocycles. The molecule has 0 unspecified atom stereocenters. The van der Waals surface area contributed by atoms with Gasteiger partial charge in [0.1, 0.15) is 12.0 Å². The van der Waals surface area contributed by atoms with Crippen molar-refractivity contribution in [2.45, 2.75) is 6.92 Å². The molecule has 0 fully saturated rings. The van der Waals surface area contributed by atoms with Crippen molar-refractivity contribution < 1.29 is 9.31 Å². The fraction of sp³-hybridized carbons (Fsp3) is 0.167. The van der Waals surface area contributed by atoms with E-state index in [0.29, 0.717) is 5.56 Å². The second-order valence-electron chi connectivity index (χ2n) is 2.05. The minimum Gasteiger partial charge on any atom is -0.358 e. The van der Waals surface area contributed by atoms with E-state index in [-0.39, 0.29) is 0 Å². The van der Waals surface area contributed by atoms with Crippen LogP contribution in [0.5, 0.6) is 0 Å². The molecular formula is C6H5FN2O2. The van der Waals surface area contributed by atoms with Crippen LogP contribution in [0.2, 0.25) is 0 Å². The van der Waals surface area contributed by atoms with Crippen LogP contribution in [0.1, 0.15) is 5.56 Å². The quantitative estimate of drug-likeness (QED) is 0.456. The molecule has 0 N–H and O–H groups in total. The van der Waals surface area contributed by atoms with Crippen molar-refractivity contribution in [2.24, 2.45) is 0 Å². The molecule has 1 rings (SSSR count). The summed E-state index contributed by atoms with van der Waals surface area (Å²) < 4.78 is 12.6. The van der Waals surface area contributed by atoms with Crippen molar-refractivity contribution in [2.75, 3.05) is 0 Å². The summed E-state index contributed by atoms with van der Waals surface area (Å²) in [6.07, 6.45) is 1.13. The molecule has 0 spiro atoms. The largest absolute Gasteiger partial charge is 0.366 e. The molecule has 0 saturated carbocycles. The van der Waals surface area contributed by atoms with Gasteiger partial charge in [-0.3, -0.25) is 0 Å². The van der Waals surface area contributed by atoms with Gasteiger partial charge in [-0.2, -0.15) is 0 Å². The first-order chi connectivity index (χ1) is 5.11. The molecule has 11 heavy (non-hydrogen) atoms. The molecule has 0 aliphatic carbocycles. The first-order valence-corrected chi connectivity index (χ1v) is 2.88. The smallest absolute Gasteiger partial charge is 0.358 e. The summed E-state index contributed by atoms with van der Waals surface area (Å²) in [5.41, 5.74) is 0.301. The highest BCUT2D eigenvalue weighted by molar-refractivity contribution is 5.23. The lowest BCUT2D eigenvalue weighted by molar-refractivity contribution is -0.389. The van der Waals surface area contributed by atoms with Crippen molar-refractivity contribution in [1.29, 1.82) is 0 Å². The van der Waals surface area contributed by atoms with Crippen molar-refractivity contribution in [1.82, 2.24) is 4.98 Å². The second kappa shape index (κ2) is 2.61. The van der Waals surface area contributed by atoms with Crippen LogP contribution < -0.4 is 0 Å². The maximum Gasteiger partial charge on any atom is 0.366 e. The Morgan fingerprint density at radius 3 is 2.82 bits per heavy atom. The molecule has 5 heteroatoms. The monoisotopic (exact) mass is 156 g/mol. The number of hydrogen-bond donors (Lipinski definition) is 0. The van der Waals surface area contributed by atoms with Gasteiger partial charge in [-0.05, 0) is 16.8 Å². The number of rotatable bonds is 1. The third-order valence-corrected chi connectivity index (χ3v) is 1.21. The molecule has 1 aromatic rings. The summed E-state index contributed by atoms with van der Waals surface area (Å²) in [5, 5.41) is 10.0. The summed E-state index contributed by atoms with van der Waals surface area (Å²) in [5.74, 6) is -1.07. The van der Waals surface area contributed by atoms with E-state index in [1.54, 1.807) is 0 Å². The first-order valence-electron chi connectivity index (χ1n) is 2.88. The maximum absolute atomic E-state index is 12.6. The zero-order valence-corrected chi connectivity index (χ0v) is 5.74. The van der Waals surface area contributed by atoms with E-state index in [9.17, 15) is 14.5 Å². The Morgan fingerprint density at radius 2 is 2.36 bits per heavy atom. The predicted octanol–water partition coefficient (Wildman–Crippen LogP) is 1.44. The van der Waals surface area contributed by atoms with E-state index < -0.39 is 16.6 Å². The number of aromatic nitrogens is 1. The van der Waals surface area contributed by atoms with Crippen LogP contribution in [-0.4, -0.2) is 9.91 Å². The van der Waals surface area contributed by atoms with Gasteiger partial charge in [-0.25, -0.2) is 4.39 Å². The number of nitrogens with zero attached hydrogens (tertiary/aromatic N) is 2. The van der Waals surface area contributed by atoms with E-state index in [1.807, 2.05) is 0 Å². The molecule has 0 aliphatic heterocycles.